The second-order valence-corrected chi connectivity index (χ2v) is 9.12. The molecule has 0 aliphatic carbocycles. The highest BCUT2D eigenvalue weighted by Crippen LogP contribution is 2.33. The highest BCUT2D eigenvalue weighted by atomic mass is 32.2. The molecule has 2 aromatic rings. The first-order valence-corrected chi connectivity index (χ1v) is 10.6. The van der Waals surface area contributed by atoms with Crippen LogP contribution < -0.4 is 10.5 Å². The molecule has 152 valence electrons. The summed E-state index contributed by atoms with van der Waals surface area (Å²) in [7, 11) is 1.64. The van der Waals surface area contributed by atoms with E-state index in [0.29, 0.717) is 39.3 Å². The number of carbonyl (C=O) groups excluding carboxylic acids is 1. The maximum absolute atomic E-state index is 13.4. The van der Waals surface area contributed by atoms with Crippen molar-refractivity contribution in [2.24, 2.45) is 0 Å². The third kappa shape index (κ3) is 3.58. The van der Waals surface area contributed by atoms with Gasteiger partial charge < -0.3 is 9.64 Å². The molecule has 0 N–H and O–H groups in total. The van der Waals surface area contributed by atoms with Crippen molar-refractivity contribution in [3.05, 3.63) is 44.7 Å². The highest BCUT2D eigenvalue weighted by molar-refractivity contribution is 8.26. The van der Waals surface area contributed by atoms with Crippen LogP contribution in [0.5, 0.6) is 0 Å². The summed E-state index contributed by atoms with van der Waals surface area (Å²) in [6.45, 7) is 7.17. The minimum atomic E-state index is -0.207. The third-order valence-corrected chi connectivity index (χ3v) is 6.53. The number of anilines is 1. The van der Waals surface area contributed by atoms with E-state index >= 15 is 0 Å². The van der Waals surface area contributed by atoms with E-state index < -0.39 is 0 Å². The Balaban J connectivity index is 1.94. The Labute approximate surface area is 178 Å². The first-order valence-electron chi connectivity index (χ1n) is 9.40. The predicted molar refractivity (Wildman–Crippen MR) is 119 cm³/mol. The van der Waals surface area contributed by atoms with Gasteiger partial charge in [0.1, 0.15) is 15.8 Å². The maximum atomic E-state index is 13.4. The van der Waals surface area contributed by atoms with Crippen molar-refractivity contribution in [1.29, 1.82) is 0 Å². The molecule has 2 saturated heterocycles. The van der Waals surface area contributed by atoms with Crippen LogP contribution in [0.2, 0.25) is 0 Å². The van der Waals surface area contributed by atoms with Gasteiger partial charge in [0.2, 0.25) is 0 Å². The van der Waals surface area contributed by atoms with Gasteiger partial charge >= 0.3 is 0 Å². The lowest BCUT2D eigenvalue weighted by atomic mass is 10.1. The van der Waals surface area contributed by atoms with E-state index in [-0.39, 0.29) is 23.7 Å². The molecule has 1 amide bonds. The SMILES string of the molecule is Cc1cccn2c(=O)c(/C=C3/SC(=S)N(C)C3=O)c(N3C[C@H](C)O[C@@H](C)C3)nc12. The number of hydrogen-bond donors (Lipinski definition) is 0. The van der Waals surface area contributed by atoms with Crippen LogP contribution in [0.4, 0.5) is 5.82 Å². The lowest BCUT2D eigenvalue weighted by molar-refractivity contribution is -0.121. The number of fused-ring (bicyclic) bond motifs is 1. The van der Waals surface area contributed by atoms with E-state index in [4.69, 9.17) is 21.9 Å². The van der Waals surface area contributed by atoms with Crippen LogP contribution in [0, 0.1) is 6.92 Å². The van der Waals surface area contributed by atoms with Gasteiger partial charge in [-0.05, 0) is 38.5 Å². The number of hydrogen-bond acceptors (Lipinski definition) is 7. The zero-order valence-electron chi connectivity index (χ0n) is 16.7. The second-order valence-electron chi connectivity index (χ2n) is 7.44. The van der Waals surface area contributed by atoms with Gasteiger partial charge in [0, 0.05) is 26.3 Å². The van der Waals surface area contributed by atoms with Crippen molar-refractivity contribution in [3.63, 3.8) is 0 Å². The van der Waals surface area contributed by atoms with Crippen molar-refractivity contribution in [1.82, 2.24) is 14.3 Å². The number of carbonyl (C=O) groups is 1. The Morgan fingerprint density at radius 3 is 2.59 bits per heavy atom. The Bertz CT molecular complexity index is 1100. The summed E-state index contributed by atoms with van der Waals surface area (Å²) in [6, 6.07) is 3.75. The van der Waals surface area contributed by atoms with E-state index in [1.165, 1.54) is 21.1 Å². The van der Waals surface area contributed by atoms with Crippen molar-refractivity contribution < 1.29 is 9.53 Å². The molecule has 0 saturated carbocycles. The molecule has 9 heteroatoms. The van der Waals surface area contributed by atoms with Crippen LogP contribution in [0.3, 0.4) is 0 Å². The fourth-order valence-electron chi connectivity index (χ4n) is 3.70. The number of thiocarbonyl (C=S) groups is 1. The van der Waals surface area contributed by atoms with Gasteiger partial charge in [-0.25, -0.2) is 4.98 Å². The monoisotopic (exact) mass is 430 g/mol. The topological polar surface area (TPSA) is 67.2 Å². The fourth-order valence-corrected chi connectivity index (χ4v) is 4.86. The maximum Gasteiger partial charge on any atom is 0.267 e. The van der Waals surface area contributed by atoms with Crippen LogP contribution in [0.15, 0.2) is 28.0 Å². The molecular formula is C20H22N4O3S2. The standard InChI is InChI=1S/C20H22N4O3S2/c1-11-6-5-7-24-16(11)21-17(23-9-12(2)27-13(3)10-23)14(18(24)25)8-15-19(26)22(4)20(28)29-15/h5-8,12-13H,9-10H2,1-4H3/b15-8+/t12-,13-/m0/s1. The second kappa shape index (κ2) is 7.55. The van der Waals surface area contributed by atoms with E-state index in [1.807, 2.05) is 32.9 Å². The Morgan fingerprint density at radius 1 is 1.28 bits per heavy atom. The first kappa shape index (κ1) is 20.1. The molecule has 29 heavy (non-hydrogen) atoms. The van der Waals surface area contributed by atoms with Gasteiger partial charge in [0.15, 0.2) is 0 Å². The minimum absolute atomic E-state index is 0.0116. The summed E-state index contributed by atoms with van der Waals surface area (Å²) in [5.41, 5.74) is 1.70. The van der Waals surface area contributed by atoms with E-state index in [2.05, 4.69) is 4.90 Å². The molecule has 2 aromatic heterocycles. The zero-order chi connectivity index (χ0) is 20.9. The lowest BCUT2D eigenvalue weighted by Gasteiger charge is -2.36. The van der Waals surface area contributed by atoms with Crippen LogP contribution in [-0.2, 0) is 9.53 Å². The fraction of sp³-hybridized carbons (Fsp3) is 0.400. The van der Waals surface area contributed by atoms with Crippen LogP contribution >= 0.6 is 24.0 Å². The van der Waals surface area contributed by atoms with Crippen LogP contribution in [0.25, 0.3) is 11.7 Å². The number of aryl methyl sites for hydroxylation is 1. The van der Waals surface area contributed by atoms with Crippen molar-refractivity contribution in [2.75, 3.05) is 25.0 Å². The smallest absolute Gasteiger partial charge is 0.267 e. The van der Waals surface area contributed by atoms with Gasteiger partial charge in [0.25, 0.3) is 11.5 Å². The molecule has 4 heterocycles. The van der Waals surface area contributed by atoms with Gasteiger partial charge in [-0.1, -0.05) is 30.0 Å². The lowest BCUT2D eigenvalue weighted by Crippen LogP contribution is -2.46. The largest absolute Gasteiger partial charge is 0.372 e. The zero-order valence-corrected chi connectivity index (χ0v) is 18.3. The molecule has 2 atom stereocenters. The first-order chi connectivity index (χ1) is 13.8. The number of aromatic nitrogens is 2. The van der Waals surface area contributed by atoms with Crippen molar-refractivity contribution in [2.45, 2.75) is 33.0 Å². The minimum Gasteiger partial charge on any atom is -0.372 e. The van der Waals surface area contributed by atoms with E-state index in [1.54, 1.807) is 19.3 Å². The number of likely N-dealkylation sites (N-methyl/N-ethyl adjacent to an activating group) is 1. The number of nitrogens with zero attached hydrogens (tertiary/aromatic N) is 4. The van der Waals surface area contributed by atoms with Gasteiger partial charge in [0.05, 0.1) is 22.7 Å². The summed E-state index contributed by atoms with van der Waals surface area (Å²) < 4.78 is 7.85. The molecular weight excluding hydrogens is 408 g/mol. The Kier molecular flexibility index (Phi) is 5.22. The van der Waals surface area contributed by atoms with Crippen LogP contribution in [0.1, 0.15) is 25.0 Å². The highest BCUT2D eigenvalue weighted by Gasteiger charge is 2.31. The summed E-state index contributed by atoms with van der Waals surface area (Å²) in [5.74, 6) is 0.371. The Hall–Kier alpha value is -2.23. The predicted octanol–water partition coefficient (Wildman–Crippen LogP) is 2.45. The van der Waals surface area contributed by atoms with E-state index in [9.17, 15) is 9.59 Å². The van der Waals surface area contributed by atoms with Gasteiger partial charge in [-0.2, -0.15) is 0 Å². The van der Waals surface area contributed by atoms with Crippen molar-refractivity contribution in [3.8, 4) is 0 Å². The molecule has 0 bridgehead atoms. The number of pyridine rings is 1. The summed E-state index contributed by atoms with van der Waals surface area (Å²) in [6.07, 6.45) is 3.36. The average Bonchev–Trinajstić information content (AvgIpc) is 2.90. The van der Waals surface area contributed by atoms with Gasteiger partial charge in [-0.15, -0.1) is 0 Å². The molecule has 7 nitrogen and oxygen atoms in total. The average molecular weight is 431 g/mol. The number of rotatable bonds is 2. The molecule has 2 aliphatic heterocycles. The number of thioether (sulfide) groups is 1. The summed E-state index contributed by atoms with van der Waals surface area (Å²) in [5, 5.41) is 0. The number of amides is 1. The molecule has 4 rings (SSSR count). The third-order valence-electron chi connectivity index (χ3n) is 5.05. The Morgan fingerprint density at radius 2 is 1.97 bits per heavy atom. The molecule has 2 fully saturated rings. The van der Waals surface area contributed by atoms with Gasteiger partial charge in [-0.3, -0.25) is 18.9 Å². The van der Waals surface area contributed by atoms with E-state index in [0.717, 1.165) is 5.56 Å². The quantitative estimate of drug-likeness (QED) is 0.536. The van der Waals surface area contributed by atoms with Crippen LogP contribution in [-0.4, -0.2) is 56.9 Å². The number of ether oxygens (including phenoxy) is 1. The number of morpholine rings is 1. The molecule has 0 spiro atoms. The van der Waals surface area contributed by atoms with Crippen molar-refractivity contribution >= 4 is 51.7 Å². The molecule has 2 aliphatic rings. The summed E-state index contributed by atoms with van der Waals surface area (Å²) >= 11 is 6.43. The molecule has 0 aromatic carbocycles. The molecule has 0 radical (unpaired) electrons. The molecule has 0 unspecified atom stereocenters. The summed E-state index contributed by atoms with van der Waals surface area (Å²) in [4.78, 5) is 34.7. The normalized spacial score (nSPS) is 24.2.